The first kappa shape index (κ1) is 16.7. The number of benzene rings is 1. The molecule has 1 aromatic carbocycles. The van der Waals surface area contributed by atoms with Gasteiger partial charge in [0.25, 0.3) is 0 Å². The zero-order valence-electron chi connectivity index (χ0n) is 14.0. The molecule has 1 atom stereocenters. The molecule has 24 heavy (non-hydrogen) atoms. The minimum Gasteiger partial charge on any atom is -0.497 e. The molecule has 1 unspecified atom stereocenters. The zero-order valence-corrected chi connectivity index (χ0v) is 14.8. The number of carbonyl (C=O) groups is 1. The molecule has 7 nitrogen and oxygen atoms in total. The summed E-state index contributed by atoms with van der Waals surface area (Å²) >= 11 is 1.36. The van der Waals surface area contributed by atoms with Gasteiger partial charge in [0, 0.05) is 24.7 Å². The molecule has 0 bridgehead atoms. The summed E-state index contributed by atoms with van der Waals surface area (Å²) in [5.74, 6) is 0.793. The van der Waals surface area contributed by atoms with Gasteiger partial charge in [0.2, 0.25) is 5.13 Å². The highest BCUT2D eigenvalue weighted by Crippen LogP contribution is 2.28. The van der Waals surface area contributed by atoms with Gasteiger partial charge in [0.15, 0.2) is 0 Å². The molecule has 8 heteroatoms. The van der Waals surface area contributed by atoms with E-state index >= 15 is 0 Å². The number of urea groups is 1. The van der Waals surface area contributed by atoms with Crippen molar-refractivity contribution in [3.63, 3.8) is 0 Å². The highest BCUT2D eigenvalue weighted by molar-refractivity contribution is 7.18. The van der Waals surface area contributed by atoms with Crippen LogP contribution in [0, 0.1) is 0 Å². The molecule has 1 aromatic heterocycles. The third-order valence-corrected chi connectivity index (χ3v) is 5.04. The summed E-state index contributed by atoms with van der Waals surface area (Å²) in [5.41, 5.74) is 0.947. The van der Waals surface area contributed by atoms with Gasteiger partial charge in [-0.1, -0.05) is 11.3 Å². The number of aromatic nitrogens is 2. The number of nitrogens with zero attached hydrogens (tertiary/aromatic N) is 4. The fraction of sp³-hybridized carbons (Fsp3) is 0.438. The molecule has 2 amide bonds. The standard InChI is InChI=1S/C16H21N5O2S/c1-20(2)12-8-9-21(10-12)16(22)17-15-19-18-14(24-15)11-4-6-13(23-3)7-5-11/h4-7,12H,8-10H2,1-3H3,(H,17,19,22). The number of nitrogens with one attached hydrogen (secondary N) is 1. The number of anilines is 1. The van der Waals surface area contributed by atoms with Crippen LogP contribution >= 0.6 is 11.3 Å². The van der Waals surface area contributed by atoms with Crippen LogP contribution in [0.1, 0.15) is 6.42 Å². The summed E-state index contributed by atoms with van der Waals surface area (Å²) < 4.78 is 5.15. The van der Waals surface area contributed by atoms with E-state index in [0.717, 1.165) is 35.8 Å². The van der Waals surface area contributed by atoms with Gasteiger partial charge in [0.1, 0.15) is 10.8 Å². The van der Waals surface area contributed by atoms with Crippen LogP contribution in [-0.4, -0.2) is 66.4 Å². The van der Waals surface area contributed by atoms with Crippen molar-refractivity contribution in [3.05, 3.63) is 24.3 Å². The van der Waals surface area contributed by atoms with Crippen molar-refractivity contribution in [3.8, 4) is 16.3 Å². The Balaban J connectivity index is 1.62. The third-order valence-electron chi connectivity index (χ3n) is 4.16. The lowest BCUT2D eigenvalue weighted by atomic mass is 10.2. The van der Waals surface area contributed by atoms with E-state index in [1.54, 1.807) is 7.11 Å². The lowest BCUT2D eigenvalue weighted by Gasteiger charge is -2.20. The number of hydrogen-bond donors (Lipinski definition) is 1. The van der Waals surface area contributed by atoms with Gasteiger partial charge in [-0.25, -0.2) is 4.79 Å². The minimum absolute atomic E-state index is 0.114. The first-order valence-electron chi connectivity index (χ1n) is 7.77. The smallest absolute Gasteiger partial charge is 0.323 e. The number of carbonyl (C=O) groups excluding carboxylic acids is 1. The Morgan fingerprint density at radius 2 is 2.08 bits per heavy atom. The fourth-order valence-electron chi connectivity index (χ4n) is 2.64. The predicted molar refractivity (Wildman–Crippen MR) is 94.6 cm³/mol. The maximum Gasteiger partial charge on any atom is 0.323 e. The number of likely N-dealkylation sites (N-methyl/N-ethyl adjacent to an activating group) is 1. The van der Waals surface area contributed by atoms with Crippen LogP contribution in [0.25, 0.3) is 10.6 Å². The maximum absolute atomic E-state index is 12.3. The summed E-state index contributed by atoms with van der Waals surface area (Å²) in [6.07, 6.45) is 0.994. The summed E-state index contributed by atoms with van der Waals surface area (Å²) in [4.78, 5) is 16.3. The van der Waals surface area contributed by atoms with Crippen molar-refractivity contribution in [1.29, 1.82) is 0 Å². The lowest BCUT2D eigenvalue weighted by molar-refractivity contribution is 0.216. The monoisotopic (exact) mass is 347 g/mol. The van der Waals surface area contributed by atoms with Crippen molar-refractivity contribution >= 4 is 22.5 Å². The summed E-state index contributed by atoms with van der Waals surface area (Å²) in [5, 5.41) is 12.3. The Bertz CT molecular complexity index is 701. The van der Waals surface area contributed by atoms with E-state index in [1.165, 1.54) is 11.3 Å². The van der Waals surface area contributed by atoms with E-state index in [-0.39, 0.29) is 6.03 Å². The first-order valence-corrected chi connectivity index (χ1v) is 8.59. The van der Waals surface area contributed by atoms with Crippen LogP contribution in [0.4, 0.5) is 9.93 Å². The van der Waals surface area contributed by atoms with E-state index in [1.807, 2.05) is 43.3 Å². The molecule has 1 aliphatic rings. The van der Waals surface area contributed by atoms with Crippen LogP contribution < -0.4 is 10.1 Å². The van der Waals surface area contributed by atoms with Gasteiger partial charge in [-0.05, 0) is 44.8 Å². The van der Waals surface area contributed by atoms with Gasteiger partial charge in [-0.3, -0.25) is 5.32 Å². The predicted octanol–water partition coefficient (Wildman–Crippen LogP) is 2.38. The van der Waals surface area contributed by atoms with Crippen LogP contribution in [-0.2, 0) is 0 Å². The molecule has 2 heterocycles. The Labute approximate surface area is 145 Å². The van der Waals surface area contributed by atoms with Crippen LogP contribution in [0.3, 0.4) is 0 Å². The molecule has 0 spiro atoms. The maximum atomic E-state index is 12.3. The third kappa shape index (κ3) is 3.65. The Kier molecular flexibility index (Phi) is 4.96. The normalized spacial score (nSPS) is 17.3. The molecule has 3 rings (SSSR count). The largest absolute Gasteiger partial charge is 0.497 e. The molecule has 1 N–H and O–H groups in total. The molecule has 1 fully saturated rings. The molecule has 0 saturated carbocycles. The van der Waals surface area contributed by atoms with Gasteiger partial charge in [-0.15, -0.1) is 10.2 Å². The number of ether oxygens (including phenoxy) is 1. The molecule has 1 aliphatic heterocycles. The van der Waals surface area contributed by atoms with Gasteiger partial charge >= 0.3 is 6.03 Å². The van der Waals surface area contributed by atoms with E-state index in [2.05, 4.69) is 20.4 Å². The second-order valence-electron chi connectivity index (χ2n) is 5.92. The summed E-state index contributed by atoms with van der Waals surface area (Å²) in [6, 6.07) is 7.90. The summed E-state index contributed by atoms with van der Waals surface area (Å²) in [7, 11) is 5.71. The topological polar surface area (TPSA) is 70.6 Å². The second-order valence-corrected chi connectivity index (χ2v) is 6.90. The zero-order chi connectivity index (χ0) is 17.1. The molecular weight excluding hydrogens is 326 g/mol. The van der Waals surface area contributed by atoms with Crippen LogP contribution in [0.5, 0.6) is 5.75 Å². The minimum atomic E-state index is -0.114. The quantitative estimate of drug-likeness (QED) is 0.919. The highest BCUT2D eigenvalue weighted by atomic mass is 32.1. The SMILES string of the molecule is COc1ccc(-c2nnc(NC(=O)N3CCC(N(C)C)C3)s2)cc1. The molecule has 0 aliphatic carbocycles. The van der Waals surface area contributed by atoms with Gasteiger partial charge < -0.3 is 14.5 Å². The van der Waals surface area contributed by atoms with E-state index in [0.29, 0.717) is 11.2 Å². The first-order chi connectivity index (χ1) is 11.6. The number of rotatable bonds is 4. The van der Waals surface area contributed by atoms with Crippen LogP contribution in [0.2, 0.25) is 0 Å². The number of hydrogen-bond acceptors (Lipinski definition) is 6. The van der Waals surface area contributed by atoms with Gasteiger partial charge in [0.05, 0.1) is 7.11 Å². The lowest BCUT2D eigenvalue weighted by Crippen LogP contribution is -2.36. The van der Waals surface area contributed by atoms with Gasteiger partial charge in [-0.2, -0.15) is 0 Å². The Hall–Kier alpha value is -2.19. The average Bonchev–Trinajstić information content (AvgIpc) is 3.24. The molecule has 128 valence electrons. The fourth-order valence-corrected chi connectivity index (χ4v) is 3.38. The molecule has 2 aromatic rings. The van der Waals surface area contributed by atoms with Crippen LogP contribution in [0.15, 0.2) is 24.3 Å². The number of methoxy groups -OCH3 is 1. The molecule has 0 radical (unpaired) electrons. The number of amides is 2. The van der Waals surface area contributed by atoms with E-state index < -0.39 is 0 Å². The second kappa shape index (κ2) is 7.14. The number of likely N-dealkylation sites (tertiary alicyclic amines) is 1. The molecule has 1 saturated heterocycles. The Morgan fingerprint density at radius 1 is 1.33 bits per heavy atom. The van der Waals surface area contributed by atoms with Crippen molar-refractivity contribution < 1.29 is 9.53 Å². The molecular formula is C16H21N5O2S. The Morgan fingerprint density at radius 3 is 2.71 bits per heavy atom. The average molecular weight is 347 g/mol. The van der Waals surface area contributed by atoms with Crippen molar-refractivity contribution in [2.45, 2.75) is 12.5 Å². The highest BCUT2D eigenvalue weighted by Gasteiger charge is 2.27. The van der Waals surface area contributed by atoms with Crippen molar-refractivity contribution in [2.24, 2.45) is 0 Å². The van der Waals surface area contributed by atoms with Crippen molar-refractivity contribution in [1.82, 2.24) is 20.0 Å². The van der Waals surface area contributed by atoms with E-state index in [4.69, 9.17) is 4.74 Å². The summed E-state index contributed by atoms with van der Waals surface area (Å²) in [6.45, 7) is 1.50. The van der Waals surface area contributed by atoms with Crippen molar-refractivity contribution in [2.75, 3.05) is 39.6 Å². The van der Waals surface area contributed by atoms with E-state index in [9.17, 15) is 4.79 Å².